The van der Waals surface area contributed by atoms with E-state index in [1.807, 2.05) is 6.92 Å². The van der Waals surface area contributed by atoms with Crippen molar-refractivity contribution in [3.8, 4) is 0 Å². The van der Waals surface area contributed by atoms with Gasteiger partial charge in [-0.1, -0.05) is 12.1 Å². The van der Waals surface area contributed by atoms with E-state index in [0.717, 1.165) is 0 Å². The van der Waals surface area contributed by atoms with Gasteiger partial charge in [0.2, 0.25) is 0 Å². The average molecular weight is 280 g/mol. The number of nitrogens with zero attached hydrogens (tertiary/aromatic N) is 2. The van der Waals surface area contributed by atoms with Crippen molar-refractivity contribution >= 4 is 17.7 Å². The third kappa shape index (κ3) is 3.71. The van der Waals surface area contributed by atoms with Gasteiger partial charge in [0.15, 0.2) is 0 Å². The molecule has 0 bridgehead atoms. The molecule has 6 nitrogen and oxygen atoms in total. The van der Waals surface area contributed by atoms with Gasteiger partial charge in [-0.25, -0.2) is 9.59 Å². The normalized spacial score (nSPS) is 10.2. The minimum absolute atomic E-state index is 0.0131. The van der Waals surface area contributed by atoms with Gasteiger partial charge < -0.3 is 15.1 Å². The maximum absolute atomic E-state index is 12.3. The van der Waals surface area contributed by atoms with E-state index in [1.165, 1.54) is 11.0 Å². The molecule has 0 aromatic heterocycles. The number of amides is 2. The van der Waals surface area contributed by atoms with Gasteiger partial charge in [0.25, 0.3) is 0 Å². The predicted molar refractivity (Wildman–Crippen MR) is 76.2 cm³/mol. The quantitative estimate of drug-likeness (QED) is 0.830. The molecule has 6 heteroatoms. The van der Waals surface area contributed by atoms with Gasteiger partial charge in [-0.2, -0.15) is 0 Å². The first-order valence-electron chi connectivity index (χ1n) is 6.48. The molecule has 0 aliphatic heterocycles. The van der Waals surface area contributed by atoms with Crippen LogP contribution in [0, 0.1) is 0 Å². The Bertz CT molecular complexity index is 476. The number of rotatable bonds is 6. The van der Waals surface area contributed by atoms with E-state index in [-0.39, 0.29) is 18.2 Å². The molecule has 0 radical (unpaired) electrons. The maximum Gasteiger partial charge on any atom is 0.337 e. The van der Waals surface area contributed by atoms with Crippen LogP contribution in [0.25, 0.3) is 0 Å². The lowest BCUT2D eigenvalue weighted by Gasteiger charge is -2.27. The average Bonchev–Trinajstić information content (AvgIpc) is 2.46. The summed E-state index contributed by atoms with van der Waals surface area (Å²) in [6, 6.07) is 6.09. The number of carboxylic acid groups (broad SMARTS) is 1. The minimum Gasteiger partial charge on any atom is -0.478 e. The molecule has 0 aliphatic carbocycles. The Labute approximate surface area is 118 Å². The van der Waals surface area contributed by atoms with Gasteiger partial charge in [0.05, 0.1) is 11.3 Å². The number of carbonyl (C=O) groups excluding carboxylic acids is 1. The monoisotopic (exact) mass is 280 g/mol. The van der Waals surface area contributed by atoms with Crippen molar-refractivity contribution in [3.05, 3.63) is 29.8 Å². The van der Waals surface area contributed by atoms with Crippen LogP contribution >= 0.6 is 0 Å². The van der Waals surface area contributed by atoms with Gasteiger partial charge in [-0.15, -0.1) is 0 Å². The lowest BCUT2D eigenvalue weighted by atomic mass is 10.1. The highest BCUT2D eigenvalue weighted by molar-refractivity contribution is 6.01. The number of aliphatic hydroxyl groups excluding tert-OH is 1. The molecule has 1 aromatic carbocycles. The van der Waals surface area contributed by atoms with Crippen molar-refractivity contribution in [2.75, 3.05) is 31.6 Å². The molecular formula is C14H20N2O4. The first kappa shape index (κ1) is 16.0. The number of hydrogen-bond donors (Lipinski definition) is 2. The Morgan fingerprint density at radius 1 is 1.25 bits per heavy atom. The lowest BCUT2D eigenvalue weighted by molar-refractivity contribution is 0.0697. The minimum atomic E-state index is -1.07. The van der Waals surface area contributed by atoms with Crippen molar-refractivity contribution in [3.63, 3.8) is 0 Å². The van der Waals surface area contributed by atoms with E-state index < -0.39 is 5.97 Å². The summed E-state index contributed by atoms with van der Waals surface area (Å²) in [7, 11) is 1.55. The molecule has 1 rings (SSSR count). The van der Waals surface area contributed by atoms with Gasteiger partial charge in [0.1, 0.15) is 0 Å². The fourth-order valence-corrected chi connectivity index (χ4v) is 1.91. The smallest absolute Gasteiger partial charge is 0.337 e. The standard InChI is InChI=1S/C14H20N2O4/c1-3-16(9-6-10-17)14(20)15(2)12-8-5-4-7-11(12)13(18)19/h4-5,7-8,17H,3,6,9-10H2,1-2H3,(H,18,19). The van der Waals surface area contributed by atoms with Crippen LogP contribution in [0.3, 0.4) is 0 Å². The Morgan fingerprint density at radius 2 is 1.90 bits per heavy atom. The predicted octanol–water partition coefficient (Wildman–Crippen LogP) is 1.65. The third-order valence-corrected chi connectivity index (χ3v) is 3.02. The molecule has 1 aromatic rings. The Balaban J connectivity index is 2.96. The molecule has 2 amide bonds. The largest absolute Gasteiger partial charge is 0.478 e. The zero-order valence-corrected chi connectivity index (χ0v) is 11.7. The second-order valence-electron chi connectivity index (χ2n) is 4.32. The van der Waals surface area contributed by atoms with Gasteiger partial charge in [-0.3, -0.25) is 4.90 Å². The molecule has 0 saturated heterocycles. The van der Waals surface area contributed by atoms with Crippen LogP contribution in [0.2, 0.25) is 0 Å². The third-order valence-electron chi connectivity index (χ3n) is 3.02. The van der Waals surface area contributed by atoms with Crippen LogP contribution < -0.4 is 4.90 Å². The number of benzene rings is 1. The molecule has 0 heterocycles. The Hall–Kier alpha value is -2.08. The molecule has 0 fully saturated rings. The molecular weight excluding hydrogens is 260 g/mol. The summed E-state index contributed by atoms with van der Waals surface area (Å²) in [6.45, 7) is 2.79. The maximum atomic E-state index is 12.3. The van der Waals surface area contributed by atoms with Gasteiger partial charge in [-0.05, 0) is 25.5 Å². The zero-order chi connectivity index (χ0) is 15.1. The second kappa shape index (κ2) is 7.49. The van der Waals surface area contributed by atoms with Crippen LogP contribution in [0.15, 0.2) is 24.3 Å². The number of urea groups is 1. The van der Waals surface area contributed by atoms with E-state index in [0.29, 0.717) is 25.2 Å². The fourth-order valence-electron chi connectivity index (χ4n) is 1.91. The molecule has 0 atom stereocenters. The van der Waals surface area contributed by atoms with Crippen LogP contribution in [0.5, 0.6) is 0 Å². The van der Waals surface area contributed by atoms with Gasteiger partial charge >= 0.3 is 12.0 Å². The second-order valence-corrected chi connectivity index (χ2v) is 4.32. The highest BCUT2D eigenvalue weighted by atomic mass is 16.4. The number of carbonyl (C=O) groups is 2. The van der Waals surface area contributed by atoms with Crippen LogP contribution in [0.1, 0.15) is 23.7 Å². The number of carboxylic acids is 1. The molecule has 0 unspecified atom stereocenters. The fraction of sp³-hybridized carbons (Fsp3) is 0.429. The van der Waals surface area contributed by atoms with E-state index in [9.17, 15) is 9.59 Å². The summed E-state index contributed by atoms with van der Waals surface area (Å²) in [6.07, 6.45) is 0.494. The summed E-state index contributed by atoms with van der Waals surface area (Å²) >= 11 is 0. The van der Waals surface area contributed by atoms with Crippen molar-refractivity contribution in [2.24, 2.45) is 0 Å². The summed E-state index contributed by atoms with van der Waals surface area (Å²) in [5, 5.41) is 18.0. The highest BCUT2D eigenvalue weighted by Crippen LogP contribution is 2.20. The van der Waals surface area contributed by atoms with E-state index >= 15 is 0 Å². The summed E-state index contributed by atoms with van der Waals surface area (Å²) in [4.78, 5) is 26.4. The Kier molecular flexibility index (Phi) is 5.99. The highest BCUT2D eigenvalue weighted by Gasteiger charge is 2.21. The number of aromatic carboxylic acids is 1. The zero-order valence-electron chi connectivity index (χ0n) is 11.7. The summed E-state index contributed by atoms with van der Waals surface area (Å²) < 4.78 is 0. The van der Waals surface area contributed by atoms with E-state index in [2.05, 4.69) is 0 Å². The molecule has 20 heavy (non-hydrogen) atoms. The van der Waals surface area contributed by atoms with Crippen LogP contribution in [0.4, 0.5) is 10.5 Å². The summed E-state index contributed by atoms with van der Waals surface area (Å²) in [5.41, 5.74) is 0.439. The van der Waals surface area contributed by atoms with E-state index in [4.69, 9.17) is 10.2 Å². The van der Waals surface area contributed by atoms with Gasteiger partial charge in [0, 0.05) is 26.7 Å². The number of aliphatic hydroxyl groups is 1. The van der Waals surface area contributed by atoms with Crippen LogP contribution in [-0.4, -0.2) is 53.9 Å². The van der Waals surface area contributed by atoms with Crippen molar-refractivity contribution in [2.45, 2.75) is 13.3 Å². The Morgan fingerprint density at radius 3 is 2.45 bits per heavy atom. The van der Waals surface area contributed by atoms with Crippen LogP contribution in [-0.2, 0) is 0 Å². The number of hydrogen-bond acceptors (Lipinski definition) is 3. The molecule has 0 aliphatic rings. The summed E-state index contributed by atoms with van der Waals surface area (Å²) in [5.74, 6) is -1.07. The first-order valence-corrected chi connectivity index (χ1v) is 6.48. The van der Waals surface area contributed by atoms with Crippen molar-refractivity contribution in [1.82, 2.24) is 4.90 Å². The lowest BCUT2D eigenvalue weighted by Crippen LogP contribution is -2.42. The topological polar surface area (TPSA) is 81.1 Å². The van der Waals surface area contributed by atoms with E-state index in [1.54, 1.807) is 30.1 Å². The van der Waals surface area contributed by atoms with Crippen molar-refractivity contribution in [1.29, 1.82) is 0 Å². The number of para-hydroxylation sites is 1. The molecule has 0 saturated carbocycles. The SMILES string of the molecule is CCN(CCCO)C(=O)N(C)c1ccccc1C(=O)O. The first-order chi connectivity index (χ1) is 9.52. The molecule has 110 valence electrons. The molecule has 0 spiro atoms. The van der Waals surface area contributed by atoms with Crippen molar-refractivity contribution < 1.29 is 19.8 Å². The number of anilines is 1. The molecule has 2 N–H and O–H groups in total.